The van der Waals surface area contributed by atoms with Crippen molar-refractivity contribution in [1.29, 1.82) is 5.41 Å². The van der Waals surface area contributed by atoms with E-state index < -0.39 is 0 Å². The molecule has 1 amide bonds. The summed E-state index contributed by atoms with van der Waals surface area (Å²) in [7, 11) is 0. The maximum absolute atomic E-state index is 11.9. The maximum atomic E-state index is 11.9. The van der Waals surface area contributed by atoms with Gasteiger partial charge in [-0.05, 0) is 36.5 Å². The van der Waals surface area contributed by atoms with Crippen molar-refractivity contribution in [3.63, 3.8) is 0 Å². The molecule has 0 unspecified atom stereocenters. The van der Waals surface area contributed by atoms with Crippen LogP contribution in [0.15, 0.2) is 18.2 Å². The number of amidine groups is 1. The molecular weight excluding hydrogens is 244 g/mol. The van der Waals surface area contributed by atoms with Crippen LogP contribution in [0.25, 0.3) is 0 Å². The second-order valence-electron chi connectivity index (χ2n) is 5.05. The fourth-order valence-corrected chi connectivity index (χ4v) is 2.83. The Bertz CT molecular complexity index is 481. The molecule has 1 aliphatic heterocycles. The van der Waals surface area contributed by atoms with Crippen molar-refractivity contribution in [3.8, 4) is 0 Å². The third-order valence-electron chi connectivity index (χ3n) is 2.89. The van der Waals surface area contributed by atoms with Gasteiger partial charge in [-0.1, -0.05) is 37.7 Å². The lowest BCUT2D eigenvalue weighted by molar-refractivity contribution is -0.115. The van der Waals surface area contributed by atoms with E-state index in [-0.39, 0.29) is 5.91 Å². The van der Waals surface area contributed by atoms with E-state index in [1.807, 2.05) is 13.0 Å². The Morgan fingerprint density at radius 3 is 2.72 bits per heavy atom. The van der Waals surface area contributed by atoms with Gasteiger partial charge in [0.25, 0.3) is 0 Å². The summed E-state index contributed by atoms with van der Waals surface area (Å²) in [4.78, 5) is 13.4. The molecule has 1 aromatic rings. The molecule has 1 fully saturated rings. The summed E-state index contributed by atoms with van der Waals surface area (Å²) in [5.41, 5.74) is 3.16. The predicted molar refractivity (Wildman–Crippen MR) is 77.4 cm³/mol. The highest BCUT2D eigenvalue weighted by Crippen LogP contribution is 2.31. The summed E-state index contributed by atoms with van der Waals surface area (Å²) < 4.78 is 0. The molecule has 1 saturated heterocycles. The summed E-state index contributed by atoms with van der Waals surface area (Å²) in [5.74, 6) is 0.931. The Morgan fingerprint density at radius 2 is 2.17 bits per heavy atom. The highest BCUT2D eigenvalue weighted by molar-refractivity contribution is 8.15. The number of carbonyl (C=O) groups is 1. The Kier molecular flexibility index (Phi) is 3.76. The van der Waals surface area contributed by atoms with Crippen LogP contribution in [0.5, 0.6) is 0 Å². The van der Waals surface area contributed by atoms with Gasteiger partial charge in [-0.15, -0.1) is 0 Å². The highest BCUT2D eigenvalue weighted by atomic mass is 32.2. The molecule has 3 nitrogen and oxygen atoms in total. The molecule has 4 heteroatoms. The molecule has 0 radical (unpaired) electrons. The quantitative estimate of drug-likeness (QED) is 0.909. The van der Waals surface area contributed by atoms with Crippen LogP contribution in [0, 0.1) is 18.3 Å². The lowest BCUT2D eigenvalue weighted by atomic mass is 9.99. The molecule has 0 aliphatic carbocycles. The number of nitrogens with zero attached hydrogens (tertiary/aromatic N) is 1. The number of nitrogens with one attached hydrogen (secondary N) is 1. The number of hydrogen-bond donors (Lipinski definition) is 1. The van der Waals surface area contributed by atoms with E-state index in [4.69, 9.17) is 5.41 Å². The minimum atomic E-state index is 0.0145. The van der Waals surface area contributed by atoms with Gasteiger partial charge >= 0.3 is 0 Å². The van der Waals surface area contributed by atoms with Gasteiger partial charge < -0.3 is 0 Å². The van der Waals surface area contributed by atoms with Crippen molar-refractivity contribution in [3.05, 3.63) is 29.3 Å². The van der Waals surface area contributed by atoms with Crippen LogP contribution in [-0.2, 0) is 11.2 Å². The van der Waals surface area contributed by atoms with Gasteiger partial charge in [0.15, 0.2) is 5.17 Å². The first-order chi connectivity index (χ1) is 8.49. The lowest BCUT2D eigenvalue weighted by Gasteiger charge is -2.20. The smallest absolute Gasteiger partial charge is 0.243 e. The van der Waals surface area contributed by atoms with Crippen molar-refractivity contribution in [2.75, 3.05) is 10.7 Å². The first kappa shape index (κ1) is 13.1. The number of anilines is 1. The number of benzene rings is 1. The van der Waals surface area contributed by atoms with Crippen molar-refractivity contribution in [2.24, 2.45) is 5.92 Å². The zero-order valence-electron chi connectivity index (χ0n) is 11.0. The Morgan fingerprint density at radius 1 is 1.44 bits per heavy atom. The number of rotatable bonds is 3. The third-order valence-corrected chi connectivity index (χ3v) is 3.74. The molecule has 2 rings (SSSR count). The van der Waals surface area contributed by atoms with Crippen LogP contribution in [0.3, 0.4) is 0 Å². The number of aryl methyl sites for hydroxylation is 1. The molecule has 1 N–H and O–H groups in total. The molecule has 1 heterocycles. The fraction of sp³-hybridized carbons (Fsp3) is 0.429. The predicted octanol–water partition coefficient (Wildman–Crippen LogP) is 3.21. The van der Waals surface area contributed by atoms with Crippen LogP contribution >= 0.6 is 11.8 Å². The van der Waals surface area contributed by atoms with Gasteiger partial charge in [0.05, 0.1) is 11.4 Å². The molecule has 1 aromatic carbocycles. The van der Waals surface area contributed by atoms with Crippen LogP contribution in [0.4, 0.5) is 5.69 Å². The maximum Gasteiger partial charge on any atom is 0.243 e. The topological polar surface area (TPSA) is 44.2 Å². The third kappa shape index (κ3) is 2.58. The van der Waals surface area contributed by atoms with Gasteiger partial charge in [-0.3, -0.25) is 15.1 Å². The molecular formula is C14H18N2OS. The van der Waals surface area contributed by atoms with E-state index in [1.165, 1.54) is 11.8 Å². The minimum absolute atomic E-state index is 0.0145. The first-order valence-corrected chi connectivity index (χ1v) is 7.11. The zero-order valence-corrected chi connectivity index (χ0v) is 11.8. The summed E-state index contributed by atoms with van der Waals surface area (Å²) in [6.45, 7) is 6.34. The van der Waals surface area contributed by atoms with E-state index in [0.717, 1.165) is 23.2 Å². The molecule has 1 aliphatic rings. The average Bonchev–Trinajstić information content (AvgIpc) is 2.61. The normalized spacial score (nSPS) is 15.9. The summed E-state index contributed by atoms with van der Waals surface area (Å²) in [6, 6.07) is 6.16. The van der Waals surface area contributed by atoms with Crippen LogP contribution in [0.1, 0.15) is 25.0 Å². The van der Waals surface area contributed by atoms with Crippen molar-refractivity contribution >= 4 is 28.5 Å². The molecule has 0 aromatic heterocycles. The molecule has 96 valence electrons. The van der Waals surface area contributed by atoms with Crippen LogP contribution < -0.4 is 4.90 Å². The summed E-state index contributed by atoms with van der Waals surface area (Å²) >= 11 is 1.30. The van der Waals surface area contributed by atoms with Crippen molar-refractivity contribution in [2.45, 2.75) is 27.2 Å². The highest BCUT2D eigenvalue weighted by Gasteiger charge is 2.29. The lowest BCUT2D eigenvalue weighted by Crippen LogP contribution is -2.29. The number of amides is 1. The second kappa shape index (κ2) is 5.14. The van der Waals surface area contributed by atoms with Gasteiger partial charge in [-0.25, -0.2) is 0 Å². The van der Waals surface area contributed by atoms with Crippen LogP contribution in [0.2, 0.25) is 0 Å². The summed E-state index contributed by atoms with van der Waals surface area (Å²) in [6.07, 6.45) is 0.928. The van der Waals surface area contributed by atoms with Crippen molar-refractivity contribution in [1.82, 2.24) is 0 Å². The molecule has 0 spiro atoms. The van der Waals surface area contributed by atoms with E-state index in [2.05, 4.69) is 26.0 Å². The van der Waals surface area contributed by atoms with E-state index >= 15 is 0 Å². The second-order valence-corrected chi connectivity index (χ2v) is 6.02. The number of hydrogen-bond acceptors (Lipinski definition) is 3. The van der Waals surface area contributed by atoms with Gasteiger partial charge in [0, 0.05) is 0 Å². The zero-order chi connectivity index (χ0) is 13.3. The van der Waals surface area contributed by atoms with E-state index in [9.17, 15) is 4.79 Å². The molecule has 0 saturated carbocycles. The van der Waals surface area contributed by atoms with Gasteiger partial charge in [-0.2, -0.15) is 0 Å². The Labute approximate surface area is 112 Å². The largest absolute Gasteiger partial charge is 0.278 e. The number of thioether (sulfide) groups is 1. The SMILES string of the molecule is Cc1ccc(CC(C)C)c(N2C(=N)SCC2=O)c1. The fourth-order valence-electron chi connectivity index (χ4n) is 2.11. The Balaban J connectivity index is 2.44. The molecule has 0 atom stereocenters. The van der Waals surface area contributed by atoms with Crippen molar-refractivity contribution < 1.29 is 4.79 Å². The van der Waals surface area contributed by atoms with E-state index in [1.54, 1.807) is 4.90 Å². The van der Waals surface area contributed by atoms with Gasteiger partial charge in [0.1, 0.15) is 0 Å². The average molecular weight is 262 g/mol. The Hall–Kier alpha value is -1.29. The first-order valence-electron chi connectivity index (χ1n) is 6.13. The van der Waals surface area contributed by atoms with Crippen LogP contribution in [-0.4, -0.2) is 16.8 Å². The van der Waals surface area contributed by atoms with Gasteiger partial charge in [0.2, 0.25) is 5.91 Å². The standard InChI is InChI=1S/C14H18N2OS/c1-9(2)6-11-5-4-10(3)7-12(11)16-13(17)8-18-14(16)15/h4-5,7,9,15H,6,8H2,1-3H3. The monoisotopic (exact) mass is 262 g/mol. The molecule has 18 heavy (non-hydrogen) atoms. The van der Waals surface area contributed by atoms with E-state index in [0.29, 0.717) is 16.8 Å². The number of carbonyl (C=O) groups excluding carboxylic acids is 1. The summed E-state index contributed by atoms with van der Waals surface area (Å²) in [5, 5.41) is 8.23. The minimum Gasteiger partial charge on any atom is -0.278 e. The molecule has 0 bridgehead atoms.